The van der Waals surface area contributed by atoms with E-state index in [1.54, 1.807) is 0 Å². The second-order valence-electron chi connectivity index (χ2n) is 1.16. The summed E-state index contributed by atoms with van der Waals surface area (Å²) in [4.78, 5) is 9.24. The first-order valence-electron chi connectivity index (χ1n) is 1.96. The predicted molar refractivity (Wildman–Crippen MR) is 25.9 cm³/mol. The molecule has 0 spiro atoms. The maximum absolute atomic E-state index is 11.5. The number of nitroso groups, excluding NO2 is 1. The predicted octanol–water partition coefficient (Wildman–Crippen LogP) is 0.607. The molecule has 0 heterocycles. The van der Waals surface area contributed by atoms with Crippen molar-refractivity contribution in [2.45, 2.75) is 12.5 Å². The Morgan fingerprint density at radius 1 is 1.86 bits per heavy atom. The fourth-order valence-corrected chi connectivity index (χ4v) is 0.176. The Morgan fingerprint density at radius 2 is 2.43 bits per heavy atom. The second-order valence-corrected chi connectivity index (χ2v) is 1.16. The Hall–Kier alpha value is -0.405. The van der Waals surface area contributed by atoms with E-state index >= 15 is 0 Å². The molecule has 0 amide bonds. The molecule has 0 aromatic carbocycles. The Kier molecular flexibility index (Phi) is 3.56. The highest BCUT2D eigenvalue weighted by Crippen LogP contribution is 1.89. The van der Waals surface area contributed by atoms with Crippen molar-refractivity contribution in [2.75, 3.05) is 6.54 Å². The van der Waals surface area contributed by atoms with Crippen molar-refractivity contribution in [1.29, 1.82) is 0 Å². The summed E-state index contributed by atoms with van der Waals surface area (Å²) in [5.74, 6) is 0. The molecule has 0 saturated heterocycles. The van der Waals surface area contributed by atoms with E-state index in [1.807, 2.05) is 0 Å². The standard InChI is InChI=1S/C3H5BFNO/c4-3(5)1-2-6-7/h3H,1-2H2. The molecule has 0 aliphatic heterocycles. The van der Waals surface area contributed by atoms with E-state index in [2.05, 4.69) is 13.0 Å². The topological polar surface area (TPSA) is 29.4 Å². The van der Waals surface area contributed by atoms with Gasteiger partial charge >= 0.3 is 0 Å². The average molecular weight is 101 g/mol. The Morgan fingerprint density at radius 3 is 2.57 bits per heavy atom. The van der Waals surface area contributed by atoms with Crippen molar-refractivity contribution in [3.05, 3.63) is 4.91 Å². The summed E-state index contributed by atoms with van der Waals surface area (Å²) >= 11 is 0. The Labute approximate surface area is 42.5 Å². The molecule has 4 heteroatoms. The van der Waals surface area contributed by atoms with Gasteiger partial charge in [0.1, 0.15) is 7.85 Å². The van der Waals surface area contributed by atoms with Crippen molar-refractivity contribution in [3.8, 4) is 0 Å². The van der Waals surface area contributed by atoms with Crippen molar-refractivity contribution in [1.82, 2.24) is 0 Å². The smallest absolute Gasteiger partial charge is 0.116 e. The van der Waals surface area contributed by atoms with Crippen molar-refractivity contribution >= 4 is 7.85 Å². The van der Waals surface area contributed by atoms with Gasteiger partial charge in [0.05, 0.1) is 12.6 Å². The van der Waals surface area contributed by atoms with E-state index in [1.165, 1.54) is 0 Å². The lowest BCUT2D eigenvalue weighted by Crippen LogP contribution is -1.99. The van der Waals surface area contributed by atoms with Gasteiger partial charge < -0.3 is 0 Å². The van der Waals surface area contributed by atoms with E-state index in [-0.39, 0.29) is 13.0 Å². The van der Waals surface area contributed by atoms with Crippen molar-refractivity contribution in [3.63, 3.8) is 0 Å². The van der Waals surface area contributed by atoms with Crippen LogP contribution in [-0.4, -0.2) is 20.5 Å². The fourth-order valence-electron chi connectivity index (χ4n) is 0.176. The number of alkyl halides is 1. The van der Waals surface area contributed by atoms with Crippen LogP contribution in [0, 0.1) is 4.91 Å². The average Bonchev–Trinajstić information content (AvgIpc) is 1.61. The SMILES string of the molecule is [B]C(F)CCN=O. The number of rotatable bonds is 3. The molecule has 0 aliphatic carbocycles. The molecule has 7 heavy (non-hydrogen) atoms. The van der Waals surface area contributed by atoms with Gasteiger partial charge in [-0.3, -0.25) is 4.39 Å². The van der Waals surface area contributed by atoms with Crippen molar-refractivity contribution < 1.29 is 4.39 Å². The Bertz CT molecular complexity index is 58.9. The quantitative estimate of drug-likeness (QED) is 0.378. The molecule has 0 saturated carbocycles. The molecule has 0 bridgehead atoms. The molecule has 1 atom stereocenters. The number of nitrogens with zero attached hydrogens (tertiary/aromatic N) is 1. The van der Waals surface area contributed by atoms with Gasteiger partial charge in [-0.1, -0.05) is 5.18 Å². The maximum atomic E-state index is 11.5. The molecule has 1 unspecified atom stereocenters. The zero-order valence-corrected chi connectivity index (χ0v) is 3.80. The number of hydrogen-bond acceptors (Lipinski definition) is 2. The second kappa shape index (κ2) is 3.77. The first-order chi connectivity index (χ1) is 3.27. The summed E-state index contributed by atoms with van der Waals surface area (Å²) in [6, 6.07) is 0. The molecule has 0 N–H and O–H groups in total. The van der Waals surface area contributed by atoms with Gasteiger partial charge in [-0.25, -0.2) is 0 Å². The fraction of sp³-hybridized carbons (Fsp3) is 1.00. The van der Waals surface area contributed by atoms with Gasteiger partial charge in [0.25, 0.3) is 0 Å². The van der Waals surface area contributed by atoms with E-state index in [0.717, 1.165) is 0 Å². The molecule has 38 valence electrons. The zero-order chi connectivity index (χ0) is 5.70. The van der Waals surface area contributed by atoms with Gasteiger partial charge in [0.15, 0.2) is 0 Å². The van der Waals surface area contributed by atoms with Crippen LogP contribution in [-0.2, 0) is 0 Å². The largest absolute Gasteiger partial charge is 0.258 e. The maximum Gasteiger partial charge on any atom is 0.116 e. The molecule has 0 rings (SSSR count). The third-order valence-corrected chi connectivity index (χ3v) is 0.496. The molecule has 2 radical (unpaired) electrons. The van der Waals surface area contributed by atoms with E-state index < -0.39 is 6.07 Å². The molecule has 0 aliphatic rings. The van der Waals surface area contributed by atoms with Gasteiger partial charge in [-0.2, -0.15) is 4.91 Å². The van der Waals surface area contributed by atoms with Gasteiger partial charge in [-0.05, 0) is 6.42 Å². The van der Waals surface area contributed by atoms with Crippen LogP contribution < -0.4 is 0 Å². The Balaban J connectivity index is 2.81. The molecule has 0 fully saturated rings. The highest BCUT2D eigenvalue weighted by atomic mass is 19.1. The lowest BCUT2D eigenvalue weighted by atomic mass is 9.99. The zero-order valence-electron chi connectivity index (χ0n) is 3.80. The first kappa shape index (κ1) is 6.59. The van der Waals surface area contributed by atoms with Gasteiger partial charge in [0.2, 0.25) is 0 Å². The monoisotopic (exact) mass is 101 g/mol. The van der Waals surface area contributed by atoms with Crippen LogP contribution in [0.15, 0.2) is 5.18 Å². The molecule has 0 aromatic rings. The summed E-state index contributed by atoms with van der Waals surface area (Å²) in [7, 11) is 4.61. The summed E-state index contributed by atoms with van der Waals surface area (Å²) in [5.41, 5.74) is 0. The van der Waals surface area contributed by atoms with Gasteiger partial charge in [0, 0.05) is 0 Å². The van der Waals surface area contributed by atoms with E-state index in [4.69, 9.17) is 0 Å². The molecule has 2 nitrogen and oxygen atoms in total. The van der Waals surface area contributed by atoms with Crippen LogP contribution in [0.25, 0.3) is 0 Å². The molecule has 0 aromatic heterocycles. The van der Waals surface area contributed by atoms with Gasteiger partial charge in [-0.15, -0.1) is 0 Å². The minimum absolute atomic E-state index is 0.0301. The molecular weight excluding hydrogens is 95.8 g/mol. The van der Waals surface area contributed by atoms with Crippen LogP contribution in [0.5, 0.6) is 0 Å². The van der Waals surface area contributed by atoms with E-state index in [0.29, 0.717) is 0 Å². The minimum atomic E-state index is -1.39. The lowest BCUT2D eigenvalue weighted by molar-refractivity contribution is 0.424. The third kappa shape index (κ3) is 5.59. The van der Waals surface area contributed by atoms with Crippen LogP contribution in [0.2, 0.25) is 0 Å². The molecular formula is C3H5BFNO. The summed E-state index contributed by atoms with van der Waals surface area (Å²) < 4.78 is 11.5. The van der Waals surface area contributed by atoms with E-state index in [9.17, 15) is 9.30 Å². The highest BCUT2D eigenvalue weighted by Gasteiger charge is 1.93. The highest BCUT2D eigenvalue weighted by molar-refractivity contribution is 6.10. The normalized spacial score (nSPS) is 13.3. The first-order valence-corrected chi connectivity index (χ1v) is 1.96. The summed E-state index contributed by atoms with van der Waals surface area (Å²) in [6.45, 7) is -0.0301. The van der Waals surface area contributed by atoms with Crippen LogP contribution >= 0.6 is 0 Å². The summed E-state index contributed by atoms with van der Waals surface area (Å²) in [5, 5.41) is 2.41. The summed E-state index contributed by atoms with van der Waals surface area (Å²) in [6.07, 6.45) is -1.36. The van der Waals surface area contributed by atoms with Crippen molar-refractivity contribution in [2.24, 2.45) is 5.18 Å². The number of halogens is 1. The third-order valence-electron chi connectivity index (χ3n) is 0.496. The minimum Gasteiger partial charge on any atom is -0.258 e. The van der Waals surface area contributed by atoms with Crippen LogP contribution in [0.1, 0.15) is 6.42 Å². The van der Waals surface area contributed by atoms with Crippen LogP contribution in [0.3, 0.4) is 0 Å². The lowest BCUT2D eigenvalue weighted by Gasteiger charge is -1.91. The van der Waals surface area contributed by atoms with Crippen LogP contribution in [0.4, 0.5) is 4.39 Å². The number of hydrogen-bond donors (Lipinski definition) is 0.